The number of benzene rings is 1. The number of pyridine rings is 1. The highest BCUT2D eigenvalue weighted by molar-refractivity contribution is 5.93. The summed E-state index contributed by atoms with van der Waals surface area (Å²) in [5, 5.41) is 8.09. The van der Waals surface area contributed by atoms with Crippen molar-refractivity contribution >= 4 is 40.6 Å². The maximum Gasteiger partial charge on any atom is 0.325 e. The summed E-state index contributed by atoms with van der Waals surface area (Å²) in [6.07, 6.45) is 3.53. The second-order valence-electron chi connectivity index (χ2n) is 14.8. The van der Waals surface area contributed by atoms with Crippen molar-refractivity contribution in [1.29, 1.82) is 0 Å². The Labute approximate surface area is 294 Å². The molecule has 5 amide bonds. The largest absolute Gasteiger partial charge is 0.455 e. The van der Waals surface area contributed by atoms with Gasteiger partial charge in [0.1, 0.15) is 24.2 Å². The van der Waals surface area contributed by atoms with E-state index in [1.54, 1.807) is 13.8 Å². The van der Waals surface area contributed by atoms with Gasteiger partial charge in [0.25, 0.3) is 5.91 Å². The molecule has 2 aromatic rings. The first-order valence-corrected chi connectivity index (χ1v) is 18.1. The van der Waals surface area contributed by atoms with E-state index in [0.717, 1.165) is 42.4 Å². The lowest BCUT2D eigenvalue weighted by Gasteiger charge is -2.40. The molecule has 0 spiro atoms. The summed E-state index contributed by atoms with van der Waals surface area (Å²) in [5.41, 5.74) is 4.83. The van der Waals surface area contributed by atoms with Gasteiger partial charge in [-0.15, -0.1) is 0 Å². The molecular formula is C37H53N7O6. The van der Waals surface area contributed by atoms with Crippen LogP contribution >= 0.6 is 0 Å². The van der Waals surface area contributed by atoms with E-state index in [2.05, 4.69) is 21.0 Å². The van der Waals surface area contributed by atoms with E-state index in [0.29, 0.717) is 51.0 Å². The van der Waals surface area contributed by atoms with Crippen molar-refractivity contribution in [2.45, 2.75) is 104 Å². The standard InChI is InChI=1S/C37H53N7O6/c1-23(2)31(40-35(48)37(6)15-20-43(21-16-37)36(49)42-17-7-8-18-42)32(45)38-25(4)33(46)44-19-9-10-29(41-44)34(47)50-26(5)28-14-13-27-12-11-24(3)22-30(27)39-28/h11-14,22-23,25-26,29,31,41H,7-10,15-21H2,1-6H3,(H,38,45)(H,40,48)/t25-,26+,29-,31-/m0/s1. The Morgan fingerprint density at radius 1 is 0.900 bits per heavy atom. The van der Waals surface area contributed by atoms with Gasteiger partial charge in [0.2, 0.25) is 11.8 Å². The number of likely N-dealkylation sites (tertiary alicyclic amines) is 2. The highest BCUT2D eigenvalue weighted by atomic mass is 16.5. The molecule has 3 aliphatic rings. The van der Waals surface area contributed by atoms with Crippen LogP contribution in [0.1, 0.15) is 90.5 Å². The molecular weight excluding hydrogens is 638 g/mol. The number of urea groups is 1. The van der Waals surface area contributed by atoms with Crippen molar-refractivity contribution in [2.24, 2.45) is 11.3 Å². The van der Waals surface area contributed by atoms with Crippen LogP contribution in [0.3, 0.4) is 0 Å². The van der Waals surface area contributed by atoms with E-state index < -0.39 is 47.4 Å². The van der Waals surface area contributed by atoms with Crippen LogP contribution in [-0.4, -0.2) is 100 Å². The number of carbonyl (C=O) groups is 5. The molecule has 0 radical (unpaired) electrons. The molecule has 272 valence electrons. The van der Waals surface area contributed by atoms with E-state index >= 15 is 0 Å². The molecule has 3 aliphatic heterocycles. The second kappa shape index (κ2) is 15.7. The average molecular weight is 692 g/mol. The fourth-order valence-electron chi connectivity index (χ4n) is 6.88. The average Bonchev–Trinajstić information content (AvgIpc) is 3.65. The number of hydrogen-bond donors (Lipinski definition) is 3. The molecule has 3 fully saturated rings. The van der Waals surface area contributed by atoms with Crippen LogP contribution < -0.4 is 16.1 Å². The molecule has 5 rings (SSSR count). The SMILES string of the molecule is Cc1ccc2ccc([C@@H](C)OC(=O)[C@@H]3CCCN(C(=O)[C@H](C)NC(=O)[C@@H](NC(=O)C4(C)CCN(C(=O)N5CCCC5)CC4)C(C)C)N3)nc2c1. The van der Waals surface area contributed by atoms with Crippen molar-refractivity contribution in [3.63, 3.8) is 0 Å². The fourth-order valence-corrected chi connectivity index (χ4v) is 6.88. The van der Waals surface area contributed by atoms with Crippen molar-refractivity contribution < 1.29 is 28.7 Å². The van der Waals surface area contributed by atoms with Gasteiger partial charge in [-0.1, -0.05) is 39.0 Å². The molecule has 4 heterocycles. The summed E-state index contributed by atoms with van der Waals surface area (Å²) in [6, 6.07) is 7.35. The minimum atomic E-state index is -0.914. The summed E-state index contributed by atoms with van der Waals surface area (Å²) in [6.45, 7) is 13.8. The molecule has 0 aliphatic carbocycles. The number of hydrazine groups is 1. The molecule has 13 nitrogen and oxygen atoms in total. The van der Waals surface area contributed by atoms with Crippen LogP contribution in [-0.2, 0) is 23.9 Å². The van der Waals surface area contributed by atoms with E-state index in [4.69, 9.17) is 4.74 Å². The number of nitrogens with one attached hydrogen (secondary N) is 3. The van der Waals surface area contributed by atoms with E-state index in [1.165, 1.54) is 5.01 Å². The highest BCUT2D eigenvalue weighted by Crippen LogP contribution is 2.32. The number of piperidine rings is 1. The topological polar surface area (TPSA) is 153 Å². The van der Waals surface area contributed by atoms with Gasteiger partial charge in [-0.25, -0.2) is 15.2 Å². The van der Waals surface area contributed by atoms with Gasteiger partial charge < -0.3 is 25.2 Å². The Bertz CT molecular complexity index is 1580. The molecule has 1 aromatic heterocycles. The number of ether oxygens (including phenoxy) is 1. The first-order chi connectivity index (χ1) is 23.8. The number of hydrogen-bond acceptors (Lipinski definition) is 8. The first kappa shape index (κ1) is 37.0. The molecule has 0 saturated carbocycles. The summed E-state index contributed by atoms with van der Waals surface area (Å²) >= 11 is 0. The van der Waals surface area contributed by atoms with Crippen LogP contribution in [0.15, 0.2) is 30.3 Å². The van der Waals surface area contributed by atoms with Gasteiger partial charge in [0.15, 0.2) is 0 Å². The minimum Gasteiger partial charge on any atom is -0.455 e. The zero-order chi connectivity index (χ0) is 36.2. The normalized spacial score (nSPS) is 21.0. The monoisotopic (exact) mass is 691 g/mol. The second-order valence-corrected chi connectivity index (χ2v) is 14.8. The number of rotatable bonds is 9. The highest BCUT2D eigenvalue weighted by Gasteiger charge is 2.41. The lowest BCUT2D eigenvalue weighted by atomic mass is 9.79. The fraction of sp³-hybridized carbons (Fsp3) is 0.622. The van der Waals surface area contributed by atoms with Crippen LogP contribution in [0.25, 0.3) is 10.9 Å². The van der Waals surface area contributed by atoms with Crippen molar-refractivity contribution in [3.05, 3.63) is 41.6 Å². The molecule has 13 heteroatoms. The Kier molecular flexibility index (Phi) is 11.7. The van der Waals surface area contributed by atoms with Gasteiger partial charge in [-0.05, 0) is 82.9 Å². The lowest BCUT2D eigenvalue weighted by Crippen LogP contribution is -2.61. The maximum atomic E-state index is 13.5. The summed E-state index contributed by atoms with van der Waals surface area (Å²) in [4.78, 5) is 74.8. The molecule has 50 heavy (non-hydrogen) atoms. The van der Waals surface area contributed by atoms with Gasteiger partial charge in [0, 0.05) is 43.5 Å². The smallest absolute Gasteiger partial charge is 0.325 e. The zero-order valence-corrected chi connectivity index (χ0v) is 30.3. The number of aromatic nitrogens is 1. The third-order valence-electron chi connectivity index (χ3n) is 10.3. The van der Waals surface area contributed by atoms with Gasteiger partial charge in [-0.3, -0.25) is 24.2 Å². The van der Waals surface area contributed by atoms with E-state index in [9.17, 15) is 24.0 Å². The maximum absolute atomic E-state index is 13.5. The number of esters is 1. The Hall–Kier alpha value is -4.26. The number of nitrogens with zero attached hydrogens (tertiary/aromatic N) is 4. The molecule has 0 unspecified atom stereocenters. The van der Waals surface area contributed by atoms with Crippen LogP contribution in [0.2, 0.25) is 0 Å². The molecule has 1 aromatic carbocycles. The van der Waals surface area contributed by atoms with Crippen molar-refractivity contribution in [3.8, 4) is 0 Å². The Balaban J connectivity index is 1.12. The number of amides is 5. The van der Waals surface area contributed by atoms with Gasteiger partial charge in [0.05, 0.1) is 11.2 Å². The van der Waals surface area contributed by atoms with Crippen molar-refractivity contribution in [2.75, 3.05) is 32.7 Å². The Morgan fingerprint density at radius 2 is 1.56 bits per heavy atom. The summed E-state index contributed by atoms with van der Waals surface area (Å²) in [5.74, 6) is -1.82. The lowest BCUT2D eigenvalue weighted by molar-refractivity contribution is -0.157. The van der Waals surface area contributed by atoms with Gasteiger partial charge >= 0.3 is 12.0 Å². The third-order valence-corrected chi connectivity index (χ3v) is 10.3. The molecule has 0 bridgehead atoms. The van der Waals surface area contributed by atoms with Crippen LogP contribution in [0.5, 0.6) is 0 Å². The van der Waals surface area contributed by atoms with Crippen LogP contribution in [0, 0.1) is 18.3 Å². The van der Waals surface area contributed by atoms with Crippen molar-refractivity contribution in [1.82, 2.24) is 35.9 Å². The minimum absolute atomic E-state index is 0.0392. The molecule has 3 N–H and O–H groups in total. The predicted octanol–water partition coefficient (Wildman–Crippen LogP) is 3.61. The van der Waals surface area contributed by atoms with Gasteiger partial charge in [-0.2, -0.15) is 0 Å². The number of fused-ring (bicyclic) bond motifs is 1. The van der Waals surface area contributed by atoms with E-state index in [1.807, 2.05) is 67.8 Å². The number of aryl methyl sites for hydroxylation is 1. The summed E-state index contributed by atoms with van der Waals surface area (Å²) < 4.78 is 5.77. The quantitative estimate of drug-likeness (QED) is 0.338. The summed E-state index contributed by atoms with van der Waals surface area (Å²) in [7, 11) is 0. The number of carbonyl (C=O) groups excluding carboxylic acids is 5. The van der Waals surface area contributed by atoms with E-state index in [-0.39, 0.29) is 17.9 Å². The predicted molar refractivity (Wildman–Crippen MR) is 188 cm³/mol. The zero-order valence-electron chi connectivity index (χ0n) is 30.3. The van der Waals surface area contributed by atoms with Crippen LogP contribution in [0.4, 0.5) is 4.79 Å². The molecule has 4 atom stereocenters. The first-order valence-electron chi connectivity index (χ1n) is 18.1. The third kappa shape index (κ3) is 8.54. The molecule has 3 saturated heterocycles. The Morgan fingerprint density at radius 3 is 2.24 bits per heavy atom.